The zero-order valence-electron chi connectivity index (χ0n) is 11.5. The molecule has 0 fully saturated rings. The van der Waals surface area contributed by atoms with E-state index < -0.39 is 17.3 Å². The smallest absolute Gasteiger partial charge is 0.330 e. The molecule has 0 radical (unpaired) electrons. The van der Waals surface area contributed by atoms with Crippen molar-refractivity contribution >= 4 is 11.5 Å². The Bertz CT molecular complexity index is 539. The average Bonchev–Trinajstić information content (AvgIpc) is 2.42. The Morgan fingerprint density at radius 2 is 2.10 bits per heavy atom. The van der Waals surface area contributed by atoms with Crippen molar-refractivity contribution in [2.75, 3.05) is 45.1 Å². The van der Waals surface area contributed by atoms with E-state index in [0.29, 0.717) is 0 Å². The van der Waals surface area contributed by atoms with E-state index >= 15 is 0 Å². The first-order valence-corrected chi connectivity index (χ1v) is 6.03. The largest absolute Gasteiger partial charge is 0.394 e. The SMILES string of the molecule is COCCn1c(N)c(NC(CO)COC)c(=O)[nH]c1=O. The molecular weight excluding hydrogens is 268 g/mol. The molecule has 1 rings (SSSR count). The molecule has 0 aliphatic rings. The second-order valence-electron chi connectivity index (χ2n) is 4.14. The molecule has 0 saturated carbocycles. The Balaban J connectivity index is 3.12. The topological polar surface area (TPSA) is 132 Å². The van der Waals surface area contributed by atoms with Crippen molar-refractivity contribution < 1.29 is 14.6 Å². The number of H-pyrrole nitrogens is 1. The molecule has 1 unspecified atom stereocenters. The van der Waals surface area contributed by atoms with Crippen LogP contribution in [0.25, 0.3) is 0 Å². The number of nitrogen functional groups attached to an aromatic ring is 1. The lowest BCUT2D eigenvalue weighted by Gasteiger charge is -2.19. The molecule has 1 atom stereocenters. The molecule has 5 N–H and O–H groups in total. The molecule has 114 valence electrons. The van der Waals surface area contributed by atoms with Gasteiger partial charge in [0.05, 0.1) is 32.4 Å². The fraction of sp³-hybridized carbons (Fsp3) is 0.636. The molecule has 0 spiro atoms. The highest BCUT2D eigenvalue weighted by molar-refractivity contribution is 5.60. The predicted molar refractivity (Wildman–Crippen MR) is 74.0 cm³/mol. The highest BCUT2D eigenvalue weighted by Gasteiger charge is 2.16. The predicted octanol–water partition coefficient (Wildman–Crippen LogP) is -1.82. The molecule has 1 aromatic heterocycles. The van der Waals surface area contributed by atoms with Crippen molar-refractivity contribution in [3.05, 3.63) is 20.8 Å². The summed E-state index contributed by atoms with van der Waals surface area (Å²) in [4.78, 5) is 25.6. The third kappa shape index (κ3) is 3.83. The summed E-state index contributed by atoms with van der Waals surface area (Å²) in [6.07, 6.45) is 0. The van der Waals surface area contributed by atoms with Crippen LogP contribution in [0.5, 0.6) is 0 Å². The molecule has 0 saturated heterocycles. The van der Waals surface area contributed by atoms with Gasteiger partial charge in [0, 0.05) is 14.2 Å². The number of aromatic amines is 1. The van der Waals surface area contributed by atoms with E-state index in [4.69, 9.17) is 15.2 Å². The summed E-state index contributed by atoms with van der Waals surface area (Å²) in [5.41, 5.74) is 4.60. The number of nitrogens with zero attached hydrogens (tertiary/aromatic N) is 1. The van der Waals surface area contributed by atoms with Crippen molar-refractivity contribution in [3.8, 4) is 0 Å². The Labute approximate surface area is 115 Å². The highest BCUT2D eigenvalue weighted by Crippen LogP contribution is 2.11. The minimum atomic E-state index is -0.643. The van der Waals surface area contributed by atoms with Crippen LogP contribution in [0.2, 0.25) is 0 Å². The first kappa shape index (κ1) is 16.2. The lowest BCUT2D eigenvalue weighted by atomic mass is 10.3. The Morgan fingerprint density at radius 1 is 1.40 bits per heavy atom. The van der Waals surface area contributed by atoms with Gasteiger partial charge in [0.25, 0.3) is 5.56 Å². The van der Waals surface area contributed by atoms with Crippen LogP contribution >= 0.6 is 0 Å². The zero-order valence-corrected chi connectivity index (χ0v) is 11.5. The minimum absolute atomic E-state index is 0.00893. The van der Waals surface area contributed by atoms with Crippen LogP contribution in [0.4, 0.5) is 11.5 Å². The van der Waals surface area contributed by atoms with Crippen LogP contribution in [-0.2, 0) is 16.0 Å². The number of aliphatic hydroxyl groups excluding tert-OH is 1. The summed E-state index contributed by atoms with van der Waals surface area (Å²) in [5.74, 6) is -0.00893. The quantitative estimate of drug-likeness (QED) is 0.443. The second kappa shape index (κ2) is 7.68. The maximum atomic E-state index is 11.8. The summed E-state index contributed by atoms with van der Waals surface area (Å²) in [6, 6.07) is -0.503. The van der Waals surface area contributed by atoms with Crippen LogP contribution in [0.3, 0.4) is 0 Å². The molecule has 9 nitrogen and oxygen atoms in total. The molecule has 0 amide bonds. The number of rotatable bonds is 8. The molecule has 0 aromatic carbocycles. The Kier molecular flexibility index (Phi) is 6.22. The first-order valence-electron chi connectivity index (χ1n) is 6.03. The van der Waals surface area contributed by atoms with Gasteiger partial charge in [0.15, 0.2) is 0 Å². The van der Waals surface area contributed by atoms with Crippen LogP contribution in [0, 0.1) is 0 Å². The summed E-state index contributed by atoms with van der Waals surface area (Å²) in [6.45, 7) is 0.425. The van der Waals surface area contributed by atoms with Crippen molar-refractivity contribution in [2.24, 2.45) is 0 Å². The highest BCUT2D eigenvalue weighted by atomic mass is 16.5. The molecule has 0 bridgehead atoms. The third-order valence-electron chi connectivity index (χ3n) is 2.70. The number of hydrogen-bond donors (Lipinski definition) is 4. The normalized spacial score (nSPS) is 12.3. The maximum absolute atomic E-state index is 11.8. The number of ether oxygens (including phenoxy) is 2. The standard InChI is InChI=1S/C11H20N4O5/c1-19-4-3-15-9(12)8(10(17)14-11(15)18)13-7(5-16)6-20-2/h7,13,16H,3-6,12H2,1-2H3,(H,14,17,18). The summed E-state index contributed by atoms with van der Waals surface area (Å²) >= 11 is 0. The van der Waals surface area contributed by atoms with Gasteiger partial charge < -0.3 is 25.6 Å². The Morgan fingerprint density at radius 3 is 2.65 bits per heavy atom. The van der Waals surface area contributed by atoms with Gasteiger partial charge in [-0.25, -0.2) is 4.79 Å². The summed E-state index contributed by atoms with van der Waals surface area (Å²) in [5, 5.41) is 11.9. The van der Waals surface area contributed by atoms with Crippen LogP contribution < -0.4 is 22.3 Å². The summed E-state index contributed by atoms with van der Waals surface area (Å²) in [7, 11) is 2.96. The average molecular weight is 288 g/mol. The number of hydrogen-bond acceptors (Lipinski definition) is 7. The van der Waals surface area contributed by atoms with E-state index in [2.05, 4.69) is 10.3 Å². The van der Waals surface area contributed by atoms with E-state index in [1.54, 1.807) is 0 Å². The molecule has 20 heavy (non-hydrogen) atoms. The van der Waals surface area contributed by atoms with Crippen LogP contribution in [-0.4, -0.2) is 54.7 Å². The lowest BCUT2D eigenvalue weighted by molar-refractivity contribution is 0.153. The molecule has 0 aliphatic heterocycles. The molecule has 1 heterocycles. The number of anilines is 2. The molecule has 9 heteroatoms. The number of methoxy groups -OCH3 is 2. The zero-order chi connectivity index (χ0) is 15.1. The van der Waals surface area contributed by atoms with Crippen molar-refractivity contribution in [1.82, 2.24) is 9.55 Å². The number of aliphatic hydroxyl groups is 1. The molecule has 1 aromatic rings. The Hall–Kier alpha value is -1.84. The van der Waals surface area contributed by atoms with Crippen molar-refractivity contribution in [1.29, 1.82) is 0 Å². The van der Waals surface area contributed by atoms with Gasteiger partial charge in [-0.05, 0) is 0 Å². The maximum Gasteiger partial charge on any atom is 0.330 e. The molecule has 0 aliphatic carbocycles. The molecular formula is C11H20N4O5. The minimum Gasteiger partial charge on any atom is -0.394 e. The monoisotopic (exact) mass is 288 g/mol. The number of nitrogens with two attached hydrogens (primary N) is 1. The fourth-order valence-electron chi connectivity index (χ4n) is 1.68. The lowest BCUT2D eigenvalue weighted by Crippen LogP contribution is -2.38. The second-order valence-corrected chi connectivity index (χ2v) is 4.14. The number of aromatic nitrogens is 2. The van der Waals surface area contributed by atoms with E-state index in [1.807, 2.05) is 0 Å². The van der Waals surface area contributed by atoms with Gasteiger partial charge in [0.2, 0.25) is 0 Å². The van der Waals surface area contributed by atoms with Gasteiger partial charge in [-0.3, -0.25) is 14.3 Å². The van der Waals surface area contributed by atoms with Crippen LogP contribution in [0.15, 0.2) is 9.59 Å². The van der Waals surface area contributed by atoms with Crippen molar-refractivity contribution in [2.45, 2.75) is 12.6 Å². The number of nitrogens with one attached hydrogen (secondary N) is 2. The van der Waals surface area contributed by atoms with E-state index in [-0.39, 0.29) is 37.9 Å². The van der Waals surface area contributed by atoms with Gasteiger partial charge in [-0.2, -0.15) is 0 Å². The van der Waals surface area contributed by atoms with Gasteiger partial charge in [0.1, 0.15) is 11.5 Å². The van der Waals surface area contributed by atoms with E-state index in [1.165, 1.54) is 18.8 Å². The van der Waals surface area contributed by atoms with Gasteiger partial charge in [-0.15, -0.1) is 0 Å². The van der Waals surface area contributed by atoms with E-state index in [0.717, 1.165) is 0 Å². The first-order chi connectivity index (χ1) is 9.54. The van der Waals surface area contributed by atoms with Gasteiger partial charge in [-0.1, -0.05) is 0 Å². The fourth-order valence-corrected chi connectivity index (χ4v) is 1.68. The van der Waals surface area contributed by atoms with E-state index in [9.17, 15) is 14.7 Å². The van der Waals surface area contributed by atoms with Gasteiger partial charge >= 0.3 is 5.69 Å². The third-order valence-corrected chi connectivity index (χ3v) is 2.70. The van der Waals surface area contributed by atoms with Crippen molar-refractivity contribution in [3.63, 3.8) is 0 Å². The summed E-state index contributed by atoms with van der Waals surface area (Å²) < 4.78 is 11.0. The van der Waals surface area contributed by atoms with Crippen LogP contribution in [0.1, 0.15) is 0 Å².